The van der Waals surface area contributed by atoms with Gasteiger partial charge >= 0.3 is 11.9 Å². The molecule has 0 N–H and O–H groups in total. The van der Waals surface area contributed by atoms with E-state index in [4.69, 9.17) is 9.47 Å². The smallest absolute Gasteiger partial charge is 0.320 e. The molecule has 0 heterocycles. The summed E-state index contributed by atoms with van der Waals surface area (Å²) in [6.45, 7) is 7.72. The molecule has 0 saturated heterocycles. The third-order valence-electron chi connectivity index (χ3n) is 3.33. The highest BCUT2D eigenvalue weighted by atomic mass is 16.6. The molecule has 0 aromatic heterocycles. The molecule has 0 bridgehead atoms. The van der Waals surface area contributed by atoms with Crippen LogP contribution in [0.4, 0.5) is 0 Å². The molecule has 4 heteroatoms. The number of hydrogen-bond donors (Lipinski definition) is 0. The summed E-state index contributed by atoms with van der Waals surface area (Å²) in [5.41, 5.74) is 0.487. The molecule has 4 nitrogen and oxygen atoms in total. The molecule has 0 spiro atoms. The third kappa shape index (κ3) is 4.88. The van der Waals surface area contributed by atoms with Crippen molar-refractivity contribution < 1.29 is 19.1 Å². The topological polar surface area (TPSA) is 52.6 Å². The van der Waals surface area contributed by atoms with Crippen molar-refractivity contribution in [2.24, 2.45) is 11.3 Å². The van der Waals surface area contributed by atoms with Crippen LogP contribution in [0, 0.1) is 11.3 Å². The fourth-order valence-electron chi connectivity index (χ4n) is 2.41. The van der Waals surface area contributed by atoms with E-state index < -0.39 is 23.3 Å². The van der Waals surface area contributed by atoms with Gasteiger partial charge in [-0.25, -0.2) is 0 Å². The summed E-state index contributed by atoms with van der Waals surface area (Å²) in [6.07, 6.45) is 0.593. The third-order valence-corrected chi connectivity index (χ3v) is 3.33. The van der Waals surface area contributed by atoms with Gasteiger partial charge in [0.15, 0.2) is 5.92 Å². The predicted molar refractivity (Wildman–Crippen MR) is 80.7 cm³/mol. The minimum atomic E-state index is -0.919. The maximum absolute atomic E-state index is 12.2. The number of esters is 2. The standard InChI is InChI=1S/C17H24O4/c1-5-20-15(18)14(16(19)21-6-2)17(3,4)12-13-10-8-7-9-11-13/h7-11,14H,5-6,12H2,1-4H3. The molecular weight excluding hydrogens is 268 g/mol. The Kier molecular flexibility index (Phi) is 6.40. The zero-order valence-corrected chi connectivity index (χ0v) is 13.2. The fraction of sp³-hybridized carbons (Fsp3) is 0.529. The zero-order valence-electron chi connectivity index (χ0n) is 13.2. The van der Waals surface area contributed by atoms with Gasteiger partial charge in [-0.15, -0.1) is 0 Å². The monoisotopic (exact) mass is 292 g/mol. The molecule has 1 aromatic carbocycles. The molecule has 0 aliphatic rings. The number of benzene rings is 1. The highest BCUT2D eigenvalue weighted by molar-refractivity contribution is 5.95. The van der Waals surface area contributed by atoms with Gasteiger partial charge in [0.1, 0.15) is 0 Å². The average Bonchev–Trinajstić information content (AvgIpc) is 2.39. The van der Waals surface area contributed by atoms with Crippen LogP contribution in [0.2, 0.25) is 0 Å². The second-order valence-electron chi connectivity index (χ2n) is 5.59. The highest BCUT2D eigenvalue weighted by Gasteiger charge is 2.43. The average molecular weight is 292 g/mol. The lowest BCUT2D eigenvalue weighted by Gasteiger charge is -2.31. The van der Waals surface area contributed by atoms with Crippen LogP contribution in [0.15, 0.2) is 30.3 Å². The fourth-order valence-corrected chi connectivity index (χ4v) is 2.41. The minimum Gasteiger partial charge on any atom is -0.465 e. The van der Waals surface area contributed by atoms with Crippen molar-refractivity contribution in [1.29, 1.82) is 0 Å². The van der Waals surface area contributed by atoms with Gasteiger partial charge in [0.05, 0.1) is 13.2 Å². The second-order valence-corrected chi connectivity index (χ2v) is 5.59. The maximum Gasteiger partial charge on any atom is 0.320 e. The van der Waals surface area contributed by atoms with Crippen LogP contribution in [0.5, 0.6) is 0 Å². The molecular formula is C17H24O4. The molecule has 0 saturated carbocycles. The van der Waals surface area contributed by atoms with Crippen LogP contribution >= 0.6 is 0 Å². The maximum atomic E-state index is 12.2. The summed E-state index contributed by atoms with van der Waals surface area (Å²) in [7, 11) is 0. The molecule has 0 aliphatic heterocycles. The second kappa shape index (κ2) is 7.81. The van der Waals surface area contributed by atoms with E-state index in [1.54, 1.807) is 13.8 Å². The van der Waals surface area contributed by atoms with Crippen molar-refractivity contribution in [3.63, 3.8) is 0 Å². The molecule has 0 fully saturated rings. The summed E-state index contributed by atoms with van der Waals surface area (Å²) in [4.78, 5) is 24.3. The molecule has 116 valence electrons. The van der Waals surface area contributed by atoms with E-state index in [1.807, 2.05) is 44.2 Å². The summed E-state index contributed by atoms with van der Waals surface area (Å²) in [5, 5.41) is 0. The Hall–Kier alpha value is -1.84. The van der Waals surface area contributed by atoms with Crippen molar-refractivity contribution in [3.8, 4) is 0 Å². The number of carbonyl (C=O) groups is 2. The van der Waals surface area contributed by atoms with Gasteiger partial charge in [0, 0.05) is 0 Å². The van der Waals surface area contributed by atoms with Gasteiger partial charge in [-0.3, -0.25) is 9.59 Å². The van der Waals surface area contributed by atoms with Gasteiger partial charge in [0.2, 0.25) is 0 Å². The summed E-state index contributed by atoms with van der Waals surface area (Å²) in [5.74, 6) is -1.95. The first-order valence-electron chi connectivity index (χ1n) is 7.29. The van der Waals surface area contributed by atoms with E-state index in [0.29, 0.717) is 6.42 Å². The lowest BCUT2D eigenvalue weighted by Crippen LogP contribution is -2.41. The van der Waals surface area contributed by atoms with Crippen molar-refractivity contribution in [1.82, 2.24) is 0 Å². The van der Waals surface area contributed by atoms with E-state index in [9.17, 15) is 9.59 Å². The number of hydrogen-bond acceptors (Lipinski definition) is 4. The zero-order chi connectivity index (χ0) is 15.9. The molecule has 0 radical (unpaired) electrons. The van der Waals surface area contributed by atoms with Gasteiger partial charge < -0.3 is 9.47 Å². The first-order valence-corrected chi connectivity index (χ1v) is 7.29. The first-order chi connectivity index (χ1) is 9.92. The van der Waals surface area contributed by atoms with Crippen LogP contribution in [-0.4, -0.2) is 25.2 Å². The Bertz CT molecular complexity index is 447. The molecule has 0 aliphatic carbocycles. The molecule has 1 rings (SSSR count). The van der Waals surface area contributed by atoms with Gasteiger partial charge in [0.25, 0.3) is 0 Å². The minimum absolute atomic E-state index is 0.246. The summed E-state index contributed by atoms with van der Waals surface area (Å²) < 4.78 is 10.1. The Balaban J connectivity index is 2.98. The van der Waals surface area contributed by atoms with Crippen molar-refractivity contribution in [2.45, 2.75) is 34.1 Å². The molecule has 1 aromatic rings. The van der Waals surface area contributed by atoms with Gasteiger partial charge in [-0.2, -0.15) is 0 Å². The largest absolute Gasteiger partial charge is 0.465 e. The van der Waals surface area contributed by atoms with Crippen LogP contribution in [-0.2, 0) is 25.5 Å². The molecule has 0 unspecified atom stereocenters. The Morgan fingerprint density at radius 2 is 1.48 bits per heavy atom. The Morgan fingerprint density at radius 1 is 1.00 bits per heavy atom. The van der Waals surface area contributed by atoms with E-state index in [-0.39, 0.29) is 13.2 Å². The van der Waals surface area contributed by atoms with Crippen molar-refractivity contribution >= 4 is 11.9 Å². The van der Waals surface area contributed by atoms with Crippen LogP contribution < -0.4 is 0 Å². The van der Waals surface area contributed by atoms with Gasteiger partial charge in [-0.05, 0) is 31.2 Å². The van der Waals surface area contributed by atoms with Gasteiger partial charge in [-0.1, -0.05) is 44.2 Å². The highest BCUT2D eigenvalue weighted by Crippen LogP contribution is 2.33. The quantitative estimate of drug-likeness (QED) is 0.572. The van der Waals surface area contributed by atoms with E-state index in [1.165, 1.54) is 0 Å². The Morgan fingerprint density at radius 3 is 1.90 bits per heavy atom. The summed E-state index contributed by atoms with van der Waals surface area (Å²) >= 11 is 0. The lowest BCUT2D eigenvalue weighted by molar-refractivity contribution is -0.167. The predicted octanol–water partition coefficient (Wildman–Crippen LogP) is 3.00. The number of ether oxygens (including phenoxy) is 2. The van der Waals surface area contributed by atoms with Crippen LogP contribution in [0.1, 0.15) is 33.3 Å². The number of rotatable bonds is 7. The lowest BCUT2D eigenvalue weighted by atomic mass is 9.74. The normalized spacial score (nSPS) is 11.3. The van der Waals surface area contributed by atoms with E-state index in [2.05, 4.69) is 0 Å². The molecule has 21 heavy (non-hydrogen) atoms. The van der Waals surface area contributed by atoms with E-state index in [0.717, 1.165) is 5.56 Å². The van der Waals surface area contributed by atoms with Crippen LogP contribution in [0.25, 0.3) is 0 Å². The first kappa shape index (κ1) is 17.2. The van der Waals surface area contributed by atoms with Crippen molar-refractivity contribution in [2.75, 3.05) is 13.2 Å². The Labute approximate surface area is 126 Å². The summed E-state index contributed by atoms with van der Waals surface area (Å²) in [6, 6.07) is 9.78. The number of carbonyl (C=O) groups excluding carboxylic acids is 2. The molecule has 0 atom stereocenters. The SMILES string of the molecule is CCOC(=O)C(C(=O)OCC)C(C)(C)Cc1ccccc1. The van der Waals surface area contributed by atoms with Crippen molar-refractivity contribution in [3.05, 3.63) is 35.9 Å². The van der Waals surface area contributed by atoms with Crippen LogP contribution in [0.3, 0.4) is 0 Å². The molecule has 0 amide bonds. The van der Waals surface area contributed by atoms with E-state index >= 15 is 0 Å².